The molecule has 2 aromatic rings. The van der Waals surface area contributed by atoms with Crippen LogP contribution in [-0.2, 0) is 11.2 Å². The van der Waals surface area contributed by atoms with Crippen molar-refractivity contribution < 1.29 is 9.59 Å². The summed E-state index contributed by atoms with van der Waals surface area (Å²) in [6.07, 6.45) is 0.228. The average molecular weight is 289 g/mol. The molecule has 1 aromatic heterocycles. The van der Waals surface area contributed by atoms with Gasteiger partial charge in [-0.25, -0.2) is 4.98 Å². The van der Waals surface area contributed by atoms with E-state index in [-0.39, 0.29) is 18.2 Å². The summed E-state index contributed by atoms with van der Waals surface area (Å²) in [5, 5.41) is 7.70. The molecule has 0 spiro atoms. The molecule has 5 nitrogen and oxygen atoms in total. The van der Waals surface area contributed by atoms with E-state index in [1.165, 1.54) is 11.3 Å². The van der Waals surface area contributed by atoms with Crippen molar-refractivity contribution in [2.24, 2.45) is 0 Å². The minimum Gasteiger partial charge on any atom is -0.356 e. The quantitative estimate of drug-likeness (QED) is 0.885. The van der Waals surface area contributed by atoms with Gasteiger partial charge < -0.3 is 5.32 Å². The molecule has 104 valence electrons. The highest BCUT2D eigenvalue weighted by Crippen LogP contribution is 2.16. The van der Waals surface area contributed by atoms with Crippen LogP contribution >= 0.6 is 11.3 Å². The van der Waals surface area contributed by atoms with E-state index in [2.05, 4.69) is 15.6 Å². The van der Waals surface area contributed by atoms with E-state index >= 15 is 0 Å². The van der Waals surface area contributed by atoms with Crippen molar-refractivity contribution in [2.45, 2.75) is 13.3 Å². The molecule has 0 unspecified atom stereocenters. The Labute approximate surface area is 121 Å². The number of benzene rings is 1. The van der Waals surface area contributed by atoms with Crippen molar-refractivity contribution in [2.75, 3.05) is 11.9 Å². The van der Waals surface area contributed by atoms with Crippen LogP contribution in [-0.4, -0.2) is 23.3 Å². The molecule has 0 fully saturated rings. The first kappa shape index (κ1) is 14.2. The van der Waals surface area contributed by atoms with Crippen LogP contribution < -0.4 is 10.6 Å². The van der Waals surface area contributed by atoms with E-state index in [0.29, 0.717) is 22.9 Å². The predicted molar refractivity (Wildman–Crippen MR) is 78.9 cm³/mol. The first-order valence-corrected chi connectivity index (χ1v) is 7.14. The SMILES string of the molecule is CCNC(=O)Cc1csc(NC(=O)c2ccccc2)n1. The number of hydrogen-bond acceptors (Lipinski definition) is 4. The normalized spacial score (nSPS) is 10.1. The Kier molecular flexibility index (Phi) is 4.84. The fraction of sp³-hybridized carbons (Fsp3) is 0.214. The summed E-state index contributed by atoms with van der Waals surface area (Å²) in [4.78, 5) is 27.6. The van der Waals surface area contributed by atoms with Crippen LogP contribution in [0.4, 0.5) is 5.13 Å². The topological polar surface area (TPSA) is 71.1 Å². The lowest BCUT2D eigenvalue weighted by atomic mass is 10.2. The number of amides is 2. The molecule has 2 N–H and O–H groups in total. The highest BCUT2D eigenvalue weighted by Gasteiger charge is 2.10. The lowest BCUT2D eigenvalue weighted by Gasteiger charge is -2.01. The molecule has 20 heavy (non-hydrogen) atoms. The largest absolute Gasteiger partial charge is 0.356 e. The highest BCUT2D eigenvalue weighted by molar-refractivity contribution is 7.14. The number of nitrogens with zero attached hydrogens (tertiary/aromatic N) is 1. The monoisotopic (exact) mass is 289 g/mol. The van der Waals surface area contributed by atoms with Crippen LogP contribution in [0.1, 0.15) is 23.0 Å². The van der Waals surface area contributed by atoms with E-state index < -0.39 is 0 Å². The molecule has 0 aliphatic heterocycles. The Morgan fingerprint density at radius 1 is 1.25 bits per heavy atom. The van der Waals surface area contributed by atoms with E-state index in [1.54, 1.807) is 29.6 Å². The number of likely N-dealkylation sites (N-methyl/N-ethyl adjacent to an activating group) is 1. The number of anilines is 1. The Bertz CT molecular complexity index is 595. The Hall–Kier alpha value is -2.21. The van der Waals surface area contributed by atoms with Crippen LogP contribution in [0.5, 0.6) is 0 Å². The van der Waals surface area contributed by atoms with Crippen LogP contribution in [0.3, 0.4) is 0 Å². The first-order chi connectivity index (χ1) is 9.69. The third-order valence-electron chi connectivity index (χ3n) is 2.52. The smallest absolute Gasteiger partial charge is 0.257 e. The summed E-state index contributed by atoms with van der Waals surface area (Å²) < 4.78 is 0. The lowest BCUT2D eigenvalue weighted by molar-refractivity contribution is -0.120. The van der Waals surface area contributed by atoms with Gasteiger partial charge in [0.15, 0.2) is 5.13 Å². The van der Waals surface area contributed by atoms with Crippen LogP contribution in [0, 0.1) is 0 Å². The van der Waals surface area contributed by atoms with Gasteiger partial charge in [-0.3, -0.25) is 14.9 Å². The minimum absolute atomic E-state index is 0.0706. The fourth-order valence-electron chi connectivity index (χ4n) is 1.63. The molecular formula is C14H15N3O2S. The maximum Gasteiger partial charge on any atom is 0.257 e. The number of aromatic nitrogens is 1. The van der Waals surface area contributed by atoms with Gasteiger partial charge >= 0.3 is 0 Å². The van der Waals surface area contributed by atoms with Gasteiger partial charge in [0.25, 0.3) is 5.91 Å². The summed E-state index contributed by atoms with van der Waals surface area (Å²) in [7, 11) is 0. The third-order valence-corrected chi connectivity index (χ3v) is 3.33. The molecule has 6 heteroatoms. The molecule has 0 aliphatic carbocycles. The van der Waals surface area contributed by atoms with Gasteiger partial charge in [-0.1, -0.05) is 18.2 Å². The molecule has 2 amide bonds. The maximum atomic E-state index is 11.9. The van der Waals surface area contributed by atoms with Crippen molar-refractivity contribution in [3.05, 3.63) is 47.0 Å². The van der Waals surface area contributed by atoms with Crippen molar-refractivity contribution in [3.8, 4) is 0 Å². The number of carbonyl (C=O) groups excluding carboxylic acids is 2. The van der Waals surface area contributed by atoms with Crippen LogP contribution in [0.15, 0.2) is 35.7 Å². The standard InChI is InChI=1S/C14H15N3O2S/c1-2-15-12(18)8-11-9-20-14(16-11)17-13(19)10-6-4-3-5-7-10/h3-7,9H,2,8H2,1H3,(H,15,18)(H,16,17,19). The average Bonchev–Trinajstić information content (AvgIpc) is 2.87. The van der Waals surface area contributed by atoms with Crippen molar-refractivity contribution in [1.29, 1.82) is 0 Å². The number of nitrogens with one attached hydrogen (secondary N) is 2. The van der Waals surface area contributed by atoms with Gasteiger partial charge in [0, 0.05) is 17.5 Å². The molecule has 0 aliphatic rings. The van der Waals surface area contributed by atoms with Crippen LogP contribution in [0.2, 0.25) is 0 Å². The number of rotatable bonds is 5. The summed E-state index contributed by atoms with van der Waals surface area (Å²) in [6, 6.07) is 8.93. The van der Waals surface area contributed by atoms with Crippen LogP contribution in [0.25, 0.3) is 0 Å². The zero-order valence-corrected chi connectivity index (χ0v) is 11.9. The lowest BCUT2D eigenvalue weighted by Crippen LogP contribution is -2.24. The van der Waals surface area contributed by atoms with Crippen molar-refractivity contribution in [3.63, 3.8) is 0 Å². The van der Waals surface area contributed by atoms with E-state index in [1.807, 2.05) is 13.0 Å². The molecule has 1 aromatic carbocycles. The van der Waals surface area contributed by atoms with Gasteiger partial charge in [0.2, 0.25) is 5.91 Å². The fourth-order valence-corrected chi connectivity index (χ4v) is 2.33. The van der Waals surface area contributed by atoms with E-state index in [9.17, 15) is 9.59 Å². The maximum absolute atomic E-state index is 11.9. The Balaban J connectivity index is 1.96. The molecular weight excluding hydrogens is 274 g/mol. The van der Waals surface area contributed by atoms with Gasteiger partial charge in [-0.15, -0.1) is 11.3 Å². The van der Waals surface area contributed by atoms with Gasteiger partial charge in [0.05, 0.1) is 12.1 Å². The molecule has 0 atom stereocenters. The third kappa shape index (κ3) is 3.89. The molecule has 0 saturated heterocycles. The summed E-state index contributed by atoms with van der Waals surface area (Å²) in [5.74, 6) is -0.275. The van der Waals surface area contributed by atoms with Crippen molar-refractivity contribution >= 4 is 28.3 Å². The predicted octanol–water partition coefficient (Wildman–Crippen LogP) is 2.07. The summed E-state index contributed by atoms with van der Waals surface area (Å²) in [5.41, 5.74) is 1.23. The summed E-state index contributed by atoms with van der Waals surface area (Å²) in [6.45, 7) is 2.46. The van der Waals surface area contributed by atoms with E-state index in [0.717, 1.165) is 0 Å². The molecule has 0 saturated carbocycles. The second-order valence-electron chi connectivity index (χ2n) is 4.09. The Morgan fingerprint density at radius 3 is 2.70 bits per heavy atom. The molecule has 1 heterocycles. The number of thiazole rings is 1. The second kappa shape index (κ2) is 6.81. The highest BCUT2D eigenvalue weighted by atomic mass is 32.1. The zero-order chi connectivity index (χ0) is 14.4. The van der Waals surface area contributed by atoms with E-state index in [4.69, 9.17) is 0 Å². The minimum atomic E-state index is -0.204. The first-order valence-electron chi connectivity index (χ1n) is 6.26. The number of hydrogen-bond donors (Lipinski definition) is 2. The molecule has 0 bridgehead atoms. The number of carbonyl (C=O) groups is 2. The van der Waals surface area contributed by atoms with Gasteiger partial charge in [-0.05, 0) is 19.1 Å². The van der Waals surface area contributed by atoms with Gasteiger partial charge in [0.1, 0.15) is 0 Å². The zero-order valence-electron chi connectivity index (χ0n) is 11.1. The molecule has 2 rings (SSSR count). The second-order valence-corrected chi connectivity index (χ2v) is 4.95. The Morgan fingerprint density at radius 2 is 2.00 bits per heavy atom. The van der Waals surface area contributed by atoms with Crippen molar-refractivity contribution in [1.82, 2.24) is 10.3 Å². The van der Waals surface area contributed by atoms with Gasteiger partial charge in [-0.2, -0.15) is 0 Å². The molecule has 0 radical (unpaired) electrons. The summed E-state index contributed by atoms with van der Waals surface area (Å²) >= 11 is 1.31.